The summed E-state index contributed by atoms with van der Waals surface area (Å²) in [5.74, 6) is -2.41. The fourth-order valence-electron chi connectivity index (χ4n) is 4.09. The molecule has 4 rings (SSSR count). The SMILES string of the molecule is O=C(O)CC[C@H]1CN(S(=O)(=O)c2cc(C(F)(F)F)cnc2OCCO)c2cc(/C=C/c3c(F)cccc3Cl)ccc2O1. The number of hydrogen-bond donors (Lipinski definition) is 2. The highest BCUT2D eigenvalue weighted by Crippen LogP contribution is 2.41. The van der Waals surface area contributed by atoms with E-state index in [0.717, 1.165) is 4.31 Å². The maximum atomic E-state index is 14.2. The molecule has 2 aromatic carbocycles. The Morgan fingerprint density at radius 3 is 2.64 bits per heavy atom. The topological polar surface area (TPSA) is 126 Å². The predicted molar refractivity (Wildman–Crippen MR) is 144 cm³/mol. The molecule has 0 fully saturated rings. The van der Waals surface area contributed by atoms with Crippen LogP contribution in [0.3, 0.4) is 0 Å². The number of fused-ring (bicyclic) bond motifs is 1. The van der Waals surface area contributed by atoms with E-state index < -0.39 is 70.2 Å². The number of pyridine rings is 1. The van der Waals surface area contributed by atoms with Gasteiger partial charge >= 0.3 is 12.1 Å². The van der Waals surface area contributed by atoms with E-state index in [9.17, 15) is 30.8 Å². The number of hydrogen-bond acceptors (Lipinski definition) is 7. The molecule has 2 heterocycles. The summed E-state index contributed by atoms with van der Waals surface area (Å²) in [6.07, 6.45) is -3.15. The monoisotopic (exact) mass is 630 g/mol. The third-order valence-corrected chi connectivity index (χ3v) is 8.18. The molecule has 3 aromatic rings. The van der Waals surface area contributed by atoms with Crippen LogP contribution < -0.4 is 13.8 Å². The molecule has 0 saturated heterocycles. The average molecular weight is 631 g/mol. The van der Waals surface area contributed by atoms with Crippen molar-refractivity contribution >= 4 is 45.4 Å². The molecule has 1 aromatic heterocycles. The number of aliphatic hydroxyl groups excluding tert-OH is 1. The van der Waals surface area contributed by atoms with Crippen molar-refractivity contribution in [2.45, 2.75) is 30.0 Å². The van der Waals surface area contributed by atoms with E-state index in [1.807, 2.05) is 0 Å². The quantitative estimate of drug-likeness (QED) is 0.230. The van der Waals surface area contributed by atoms with Gasteiger partial charge in [-0.15, -0.1) is 0 Å². The van der Waals surface area contributed by atoms with Crippen LogP contribution >= 0.6 is 11.6 Å². The lowest BCUT2D eigenvalue weighted by Crippen LogP contribution is -2.44. The fourth-order valence-corrected chi connectivity index (χ4v) is 5.92. The number of rotatable bonds is 10. The summed E-state index contributed by atoms with van der Waals surface area (Å²) in [4.78, 5) is 13.8. The van der Waals surface area contributed by atoms with Crippen LogP contribution in [0.2, 0.25) is 5.02 Å². The molecule has 0 spiro atoms. The molecule has 224 valence electrons. The molecule has 1 aliphatic heterocycles. The number of aromatic nitrogens is 1. The molecule has 0 aliphatic carbocycles. The lowest BCUT2D eigenvalue weighted by molar-refractivity contribution is -0.138. The highest BCUT2D eigenvalue weighted by Gasteiger charge is 2.39. The van der Waals surface area contributed by atoms with Gasteiger partial charge in [0.05, 0.1) is 29.4 Å². The van der Waals surface area contributed by atoms with Crippen LogP contribution in [0, 0.1) is 5.82 Å². The summed E-state index contributed by atoms with van der Waals surface area (Å²) in [5, 5.41) is 18.4. The fraction of sp³-hybridized carbons (Fsp3) is 0.259. The van der Waals surface area contributed by atoms with E-state index in [-0.39, 0.29) is 34.9 Å². The standard InChI is InChI=1S/C27H23ClF4N2O7S/c28-20-2-1-3-21(29)19(20)7-4-16-5-8-23-22(12-16)34(15-18(41-23)6-9-25(36)37)42(38,39)24-13-17(27(30,31)32)14-33-26(24)40-11-10-35/h1-5,7-8,12-14,18,35H,6,9-11,15H2,(H,36,37)/b7-4+/t18-/m0/s1. The van der Waals surface area contributed by atoms with Crippen LogP contribution in [-0.4, -0.2) is 55.4 Å². The molecule has 0 unspecified atom stereocenters. The van der Waals surface area contributed by atoms with Crippen molar-refractivity contribution in [2.24, 2.45) is 0 Å². The zero-order valence-corrected chi connectivity index (χ0v) is 23.1. The van der Waals surface area contributed by atoms with Gasteiger partial charge in [0.25, 0.3) is 10.0 Å². The molecule has 15 heteroatoms. The Morgan fingerprint density at radius 1 is 1.21 bits per heavy atom. The largest absolute Gasteiger partial charge is 0.486 e. The van der Waals surface area contributed by atoms with Crippen LogP contribution in [0.4, 0.5) is 23.2 Å². The zero-order valence-electron chi connectivity index (χ0n) is 21.5. The summed E-state index contributed by atoms with van der Waals surface area (Å²) < 4.78 is 94.7. The van der Waals surface area contributed by atoms with E-state index in [2.05, 4.69) is 4.98 Å². The second kappa shape index (κ2) is 12.5. The normalized spacial score (nSPS) is 15.4. The van der Waals surface area contributed by atoms with E-state index >= 15 is 0 Å². The maximum Gasteiger partial charge on any atom is 0.417 e. The zero-order chi connectivity index (χ0) is 30.7. The first kappa shape index (κ1) is 31.1. The van der Waals surface area contributed by atoms with Crippen molar-refractivity contribution in [3.63, 3.8) is 0 Å². The minimum atomic E-state index is -4.94. The number of carbonyl (C=O) groups is 1. The van der Waals surface area contributed by atoms with Crippen molar-refractivity contribution in [2.75, 3.05) is 24.1 Å². The second-order valence-corrected chi connectivity index (χ2v) is 11.2. The maximum absolute atomic E-state index is 14.2. The van der Waals surface area contributed by atoms with Gasteiger partial charge in [-0.3, -0.25) is 9.10 Å². The van der Waals surface area contributed by atoms with Gasteiger partial charge in [0, 0.05) is 18.2 Å². The molecule has 2 N–H and O–H groups in total. The van der Waals surface area contributed by atoms with Gasteiger partial charge in [0.15, 0.2) is 4.90 Å². The summed E-state index contributed by atoms with van der Waals surface area (Å²) >= 11 is 6.07. The molecule has 0 radical (unpaired) electrons. The number of carboxylic acid groups (broad SMARTS) is 1. The average Bonchev–Trinajstić information content (AvgIpc) is 2.93. The molecule has 0 amide bonds. The first-order valence-electron chi connectivity index (χ1n) is 12.3. The number of nitrogens with zero attached hydrogens (tertiary/aromatic N) is 2. The number of aliphatic carboxylic acids is 1. The van der Waals surface area contributed by atoms with E-state index in [1.54, 1.807) is 0 Å². The van der Waals surface area contributed by atoms with Gasteiger partial charge in [-0.2, -0.15) is 13.2 Å². The van der Waals surface area contributed by atoms with Gasteiger partial charge in [0.1, 0.15) is 24.3 Å². The number of benzene rings is 2. The Bertz CT molecular complexity index is 1600. The van der Waals surface area contributed by atoms with E-state index in [0.29, 0.717) is 17.8 Å². The van der Waals surface area contributed by atoms with Crippen molar-refractivity contribution in [1.29, 1.82) is 0 Å². The van der Waals surface area contributed by atoms with Crippen LogP contribution in [0.25, 0.3) is 12.2 Å². The number of aliphatic hydroxyl groups is 1. The number of halogens is 5. The summed E-state index contributed by atoms with van der Waals surface area (Å²) in [6, 6.07) is 8.78. The minimum Gasteiger partial charge on any atom is -0.486 e. The number of sulfonamides is 1. The molecule has 0 saturated carbocycles. The molecule has 1 aliphatic rings. The Labute approximate surface area is 242 Å². The molecule has 42 heavy (non-hydrogen) atoms. The highest BCUT2D eigenvalue weighted by atomic mass is 35.5. The van der Waals surface area contributed by atoms with Crippen molar-refractivity contribution in [1.82, 2.24) is 4.98 Å². The lowest BCUT2D eigenvalue weighted by Gasteiger charge is -2.35. The van der Waals surface area contributed by atoms with Crippen LogP contribution in [0.1, 0.15) is 29.5 Å². The van der Waals surface area contributed by atoms with Gasteiger partial charge in [-0.05, 0) is 48.4 Å². The van der Waals surface area contributed by atoms with Crippen molar-refractivity contribution < 1.29 is 50.5 Å². The molecule has 9 nitrogen and oxygen atoms in total. The number of carboxylic acids is 1. The number of ether oxygens (including phenoxy) is 2. The van der Waals surface area contributed by atoms with Crippen LogP contribution in [-0.2, 0) is 21.0 Å². The third-order valence-electron chi connectivity index (χ3n) is 6.08. The number of alkyl halides is 3. The van der Waals surface area contributed by atoms with Crippen molar-refractivity contribution in [3.8, 4) is 11.6 Å². The summed E-state index contributed by atoms with van der Waals surface area (Å²) in [6.45, 7) is -1.47. The van der Waals surface area contributed by atoms with Crippen LogP contribution in [0.15, 0.2) is 53.6 Å². The Hall–Kier alpha value is -3.88. The second-order valence-electron chi connectivity index (χ2n) is 9.00. The number of anilines is 1. The lowest BCUT2D eigenvalue weighted by atomic mass is 10.1. The Kier molecular flexibility index (Phi) is 9.28. The Morgan fingerprint density at radius 2 is 1.98 bits per heavy atom. The van der Waals surface area contributed by atoms with Crippen LogP contribution in [0.5, 0.6) is 11.6 Å². The van der Waals surface area contributed by atoms with E-state index in [4.69, 9.17) is 31.3 Å². The van der Waals surface area contributed by atoms with Crippen molar-refractivity contribution in [3.05, 3.63) is 76.2 Å². The first-order valence-corrected chi connectivity index (χ1v) is 14.1. The van der Waals surface area contributed by atoms with Gasteiger partial charge in [-0.25, -0.2) is 17.8 Å². The van der Waals surface area contributed by atoms with Gasteiger partial charge < -0.3 is 19.7 Å². The third kappa shape index (κ3) is 6.94. The Balaban J connectivity index is 1.83. The summed E-state index contributed by atoms with van der Waals surface area (Å²) in [5.41, 5.74) is -0.993. The van der Waals surface area contributed by atoms with Gasteiger partial charge in [-0.1, -0.05) is 29.8 Å². The molecule has 1 atom stereocenters. The minimum absolute atomic E-state index is 0.0130. The van der Waals surface area contributed by atoms with Gasteiger partial charge in [0.2, 0.25) is 5.88 Å². The van der Waals surface area contributed by atoms with E-state index in [1.165, 1.54) is 48.6 Å². The first-order chi connectivity index (χ1) is 19.8. The molecule has 0 bridgehead atoms. The summed E-state index contributed by atoms with van der Waals surface area (Å²) in [7, 11) is -4.86. The smallest absolute Gasteiger partial charge is 0.417 e. The highest BCUT2D eigenvalue weighted by molar-refractivity contribution is 7.93. The predicted octanol–water partition coefficient (Wildman–Crippen LogP) is 5.26. The molecular weight excluding hydrogens is 608 g/mol. The molecular formula is C27H23ClF4N2O7S.